The molecule has 0 aliphatic heterocycles. The second kappa shape index (κ2) is 7.93. The molecule has 3 heterocycles. The molecule has 0 saturated heterocycles. The predicted molar refractivity (Wildman–Crippen MR) is 112 cm³/mol. The molecule has 6 nitrogen and oxygen atoms in total. The van der Waals surface area contributed by atoms with Crippen molar-refractivity contribution in [1.82, 2.24) is 19.7 Å². The second-order valence-corrected chi connectivity index (χ2v) is 10.2. The lowest BCUT2D eigenvalue weighted by molar-refractivity contribution is -0.163. The molecule has 3 aromatic heterocycles. The number of aromatic nitrogens is 4. The van der Waals surface area contributed by atoms with Crippen LogP contribution >= 0.6 is 11.3 Å². The van der Waals surface area contributed by atoms with E-state index in [-0.39, 0.29) is 10.7 Å². The Morgan fingerprint density at radius 1 is 1.19 bits per heavy atom. The summed E-state index contributed by atoms with van der Waals surface area (Å²) in [6.07, 6.45) is -3.59. The highest BCUT2D eigenvalue weighted by molar-refractivity contribution is 7.91. The van der Waals surface area contributed by atoms with Crippen LogP contribution in [-0.2, 0) is 9.84 Å². The monoisotopic (exact) mass is 484 g/mol. The Hall–Kier alpha value is -2.86. The molecule has 0 unspecified atom stereocenters. The molecule has 168 valence electrons. The summed E-state index contributed by atoms with van der Waals surface area (Å²) in [4.78, 5) is 3.87. The van der Waals surface area contributed by atoms with Gasteiger partial charge in [-0.15, -0.1) is 10.2 Å². The van der Waals surface area contributed by atoms with E-state index in [9.17, 15) is 26.0 Å². The summed E-state index contributed by atoms with van der Waals surface area (Å²) >= 11 is 1.25. The van der Waals surface area contributed by atoms with E-state index in [0.29, 0.717) is 33.0 Å². The maximum atomic E-state index is 14.1. The molecule has 0 radical (unpaired) electrons. The number of halogens is 4. The van der Waals surface area contributed by atoms with Gasteiger partial charge in [0.15, 0.2) is 9.84 Å². The number of pyridine rings is 1. The van der Waals surface area contributed by atoms with Crippen LogP contribution in [0.2, 0.25) is 0 Å². The zero-order valence-corrected chi connectivity index (χ0v) is 18.4. The molecular weight excluding hydrogens is 468 g/mol. The van der Waals surface area contributed by atoms with Gasteiger partial charge in [-0.3, -0.25) is 9.55 Å². The quantitative estimate of drug-likeness (QED) is 0.374. The number of fused-ring (bicyclic) bond motifs is 1. The van der Waals surface area contributed by atoms with Gasteiger partial charge < -0.3 is 0 Å². The number of aryl methyl sites for hydroxylation is 1. The Kier molecular flexibility index (Phi) is 5.53. The fourth-order valence-electron chi connectivity index (χ4n) is 3.23. The van der Waals surface area contributed by atoms with Crippen LogP contribution in [-0.4, -0.2) is 40.1 Å². The van der Waals surface area contributed by atoms with E-state index in [2.05, 4.69) is 15.2 Å². The Labute approximate surface area is 184 Å². The first-order chi connectivity index (χ1) is 15.0. The maximum Gasteiger partial charge on any atom is 0.392 e. The van der Waals surface area contributed by atoms with Crippen molar-refractivity contribution in [3.05, 3.63) is 53.4 Å². The van der Waals surface area contributed by atoms with Gasteiger partial charge in [-0.05, 0) is 42.8 Å². The Balaban J connectivity index is 1.78. The van der Waals surface area contributed by atoms with Crippen molar-refractivity contribution in [2.24, 2.45) is 5.92 Å². The zero-order chi connectivity index (χ0) is 23.3. The van der Waals surface area contributed by atoms with Gasteiger partial charge >= 0.3 is 6.18 Å². The normalized spacial score (nSPS) is 13.6. The summed E-state index contributed by atoms with van der Waals surface area (Å²) in [5, 5.41) is 8.98. The highest BCUT2D eigenvalue weighted by Crippen LogP contribution is 2.33. The molecule has 0 saturated carbocycles. The lowest BCUT2D eigenvalue weighted by Gasteiger charge is -2.15. The van der Waals surface area contributed by atoms with Crippen molar-refractivity contribution in [3.63, 3.8) is 0 Å². The maximum absolute atomic E-state index is 14.1. The molecule has 4 aromatic rings. The number of benzene rings is 1. The standard InChI is InChI=1S/C20H16F4N4O2S2/c1-11-5-17-13(6-15(11)21)7-18(28(17)19-27-26-10-31-19)16-4-3-14(8-25-16)32(29,30)9-12(2)20(22,23)24/h3-8,10,12H,9H2,1-2H3/t12-/m1/s1. The molecule has 1 atom stereocenters. The Morgan fingerprint density at radius 3 is 2.53 bits per heavy atom. The van der Waals surface area contributed by atoms with Crippen LogP contribution in [0.25, 0.3) is 27.4 Å². The number of hydrogen-bond acceptors (Lipinski definition) is 6. The average molecular weight is 485 g/mol. The van der Waals surface area contributed by atoms with E-state index in [1.165, 1.54) is 35.0 Å². The van der Waals surface area contributed by atoms with Gasteiger partial charge in [0, 0.05) is 11.6 Å². The fourth-order valence-corrected chi connectivity index (χ4v) is 5.34. The van der Waals surface area contributed by atoms with Crippen LogP contribution in [0.15, 0.2) is 46.9 Å². The predicted octanol–water partition coefficient (Wildman–Crippen LogP) is 4.96. The van der Waals surface area contributed by atoms with Crippen LogP contribution in [0.1, 0.15) is 12.5 Å². The highest BCUT2D eigenvalue weighted by Gasteiger charge is 2.39. The lowest BCUT2D eigenvalue weighted by Crippen LogP contribution is -2.27. The molecule has 0 N–H and O–H groups in total. The zero-order valence-electron chi connectivity index (χ0n) is 16.8. The highest BCUT2D eigenvalue weighted by atomic mass is 32.2. The van der Waals surface area contributed by atoms with E-state index in [0.717, 1.165) is 13.1 Å². The first-order valence-electron chi connectivity index (χ1n) is 9.31. The van der Waals surface area contributed by atoms with Crippen molar-refractivity contribution >= 4 is 32.1 Å². The molecule has 0 aliphatic carbocycles. The second-order valence-electron chi connectivity index (χ2n) is 7.35. The minimum atomic E-state index is -4.61. The third-order valence-electron chi connectivity index (χ3n) is 5.01. The van der Waals surface area contributed by atoms with E-state index in [1.54, 1.807) is 23.6 Å². The largest absolute Gasteiger partial charge is 0.392 e. The van der Waals surface area contributed by atoms with Crippen LogP contribution in [0.3, 0.4) is 0 Å². The van der Waals surface area contributed by atoms with Crippen molar-refractivity contribution in [3.8, 4) is 16.5 Å². The SMILES string of the molecule is Cc1cc2c(cc1F)cc(-c1ccc(S(=O)(=O)C[C@@H](C)C(F)(F)F)cn1)n2-c1nncs1. The van der Waals surface area contributed by atoms with E-state index in [4.69, 9.17) is 0 Å². The number of sulfone groups is 1. The summed E-state index contributed by atoms with van der Waals surface area (Å²) in [5.74, 6) is -3.46. The summed E-state index contributed by atoms with van der Waals surface area (Å²) in [7, 11) is -4.19. The molecule has 0 amide bonds. The lowest BCUT2D eigenvalue weighted by atomic mass is 10.1. The summed E-state index contributed by atoms with van der Waals surface area (Å²) in [5.41, 5.74) is 3.48. The Bertz CT molecular complexity index is 1380. The van der Waals surface area contributed by atoms with Crippen LogP contribution in [0.4, 0.5) is 17.6 Å². The first-order valence-corrected chi connectivity index (χ1v) is 11.8. The fraction of sp³-hybridized carbons (Fsp3) is 0.250. The molecule has 0 spiro atoms. The number of alkyl halides is 3. The van der Waals surface area contributed by atoms with Crippen LogP contribution in [0.5, 0.6) is 0 Å². The molecule has 1 aromatic carbocycles. The van der Waals surface area contributed by atoms with Crippen LogP contribution in [0, 0.1) is 18.7 Å². The summed E-state index contributed by atoms with van der Waals surface area (Å²) < 4.78 is 79.0. The van der Waals surface area contributed by atoms with Crippen molar-refractivity contribution in [1.29, 1.82) is 0 Å². The van der Waals surface area contributed by atoms with Crippen molar-refractivity contribution in [2.45, 2.75) is 24.9 Å². The number of nitrogens with zero attached hydrogens (tertiary/aromatic N) is 4. The minimum Gasteiger partial charge on any atom is -0.282 e. The van der Waals surface area contributed by atoms with E-state index < -0.39 is 27.7 Å². The van der Waals surface area contributed by atoms with Gasteiger partial charge in [-0.2, -0.15) is 13.2 Å². The van der Waals surface area contributed by atoms with Crippen molar-refractivity contribution < 1.29 is 26.0 Å². The first kappa shape index (κ1) is 22.3. The Morgan fingerprint density at radius 2 is 1.94 bits per heavy atom. The van der Waals surface area contributed by atoms with E-state index >= 15 is 0 Å². The molecule has 4 rings (SSSR count). The van der Waals surface area contributed by atoms with Gasteiger partial charge in [0.1, 0.15) is 11.3 Å². The third-order valence-corrected chi connectivity index (χ3v) is 7.58. The average Bonchev–Trinajstić information content (AvgIpc) is 3.35. The van der Waals surface area contributed by atoms with Crippen molar-refractivity contribution in [2.75, 3.05) is 5.75 Å². The molecule has 0 fully saturated rings. The number of rotatable bonds is 5. The third kappa shape index (κ3) is 4.11. The molecule has 0 aliphatic rings. The van der Waals surface area contributed by atoms with Gasteiger partial charge in [0.05, 0.1) is 33.5 Å². The van der Waals surface area contributed by atoms with Gasteiger partial charge in [-0.1, -0.05) is 18.3 Å². The van der Waals surface area contributed by atoms with Gasteiger partial charge in [0.25, 0.3) is 0 Å². The van der Waals surface area contributed by atoms with Crippen LogP contribution < -0.4 is 0 Å². The molecule has 12 heteroatoms. The summed E-state index contributed by atoms with van der Waals surface area (Å²) in [6.45, 7) is 2.45. The minimum absolute atomic E-state index is 0.308. The summed E-state index contributed by atoms with van der Waals surface area (Å²) in [6, 6.07) is 7.34. The number of hydrogen-bond donors (Lipinski definition) is 0. The van der Waals surface area contributed by atoms with E-state index in [1.807, 2.05) is 0 Å². The smallest absolute Gasteiger partial charge is 0.282 e. The molecule has 0 bridgehead atoms. The van der Waals surface area contributed by atoms with Gasteiger partial charge in [-0.25, -0.2) is 12.8 Å². The molecular formula is C20H16F4N4O2S2. The topological polar surface area (TPSA) is 77.7 Å². The van der Waals surface area contributed by atoms with Gasteiger partial charge in [0.2, 0.25) is 5.13 Å². The molecule has 32 heavy (non-hydrogen) atoms.